The van der Waals surface area contributed by atoms with Gasteiger partial charge in [-0.1, -0.05) is 0 Å². The predicted octanol–water partition coefficient (Wildman–Crippen LogP) is 3.25. The molecule has 0 saturated heterocycles. The quantitative estimate of drug-likeness (QED) is 0.844. The molecule has 2 amide bonds. The molecule has 1 aliphatic rings. The van der Waals surface area contributed by atoms with Crippen molar-refractivity contribution in [3.8, 4) is 5.75 Å². The zero-order chi connectivity index (χ0) is 18.8. The summed E-state index contributed by atoms with van der Waals surface area (Å²) < 4.78 is 5.37. The SMILES string of the molecule is COc1cc2c(cc1NC(C)=O)C(c1cc(CN(C)C)cs1)CC(=O)N2. The Morgan fingerprint density at radius 2 is 2.15 bits per heavy atom. The zero-order valence-electron chi connectivity index (χ0n) is 15.4. The van der Waals surface area contributed by atoms with E-state index >= 15 is 0 Å². The molecule has 7 heteroatoms. The normalized spacial score (nSPS) is 16.2. The van der Waals surface area contributed by atoms with Crippen molar-refractivity contribution in [3.05, 3.63) is 39.6 Å². The molecule has 0 spiro atoms. The molecule has 6 nitrogen and oxygen atoms in total. The Hall–Kier alpha value is -2.38. The van der Waals surface area contributed by atoms with E-state index in [1.807, 2.05) is 20.2 Å². The first kappa shape index (κ1) is 18.4. The van der Waals surface area contributed by atoms with Crippen LogP contribution in [-0.4, -0.2) is 37.9 Å². The van der Waals surface area contributed by atoms with Gasteiger partial charge < -0.3 is 20.3 Å². The van der Waals surface area contributed by atoms with Gasteiger partial charge >= 0.3 is 0 Å². The van der Waals surface area contributed by atoms with Crippen molar-refractivity contribution in [2.24, 2.45) is 0 Å². The molecular weight excluding hydrogens is 350 g/mol. The van der Waals surface area contributed by atoms with Crippen LogP contribution in [0.2, 0.25) is 0 Å². The van der Waals surface area contributed by atoms with Crippen molar-refractivity contribution in [1.29, 1.82) is 0 Å². The molecule has 1 aliphatic heterocycles. The van der Waals surface area contributed by atoms with Crippen LogP contribution in [0.5, 0.6) is 5.75 Å². The monoisotopic (exact) mass is 373 g/mol. The summed E-state index contributed by atoms with van der Waals surface area (Å²) in [6.07, 6.45) is 0.390. The summed E-state index contributed by atoms with van der Waals surface area (Å²) in [4.78, 5) is 27.0. The van der Waals surface area contributed by atoms with Gasteiger partial charge in [-0.3, -0.25) is 9.59 Å². The molecule has 2 aromatic rings. The second kappa shape index (κ2) is 7.47. The van der Waals surface area contributed by atoms with Crippen LogP contribution in [0.3, 0.4) is 0 Å². The van der Waals surface area contributed by atoms with Crippen molar-refractivity contribution in [1.82, 2.24) is 4.90 Å². The largest absolute Gasteiger partial charge is 0.494 e. The summed E-state index contributed by atoms with van der Waals surface area (Å²) >= 11 is 1.67. The number of thiophene rings is 1. The van der Waals surface area contributed by atoms with Gasteiger partial charge in [-0.2, -0.15) is 0 Å². The van der Waals surface area contributed by atoms with E-state index in [1.165, 1.54) is 12.5 Å². The Labute approximate surface area is 157 Å². The molecule has 0 fully saturated rings. The smallest absolute Gasteiger partial charge is 0.225 e. The van der Waals surface area contributed by atoms with E-state index in [1.54, 1.807) is 24.5 Å². The van der Waals surface area contributed by atoms with Crippen LogP contribution in [0.4, 0.5) is 11.4 Å². The van der Waals surface area contributed by atoms with E-state index < -0.39 is 0 Å². The van der Waals surface area contributed by atoms with Gasteiger partial charge in [0.1, 0.15) is 5.75 Å². The third-order valence-corrected chi connectivity index (χ3v) is 5.33. The number of nitrogens with one attached hydrogen (secondary N) is 2. The number of ether oxygens (including phenoxy) is 1. The summed E-state index contributed by atoms with van der Waals surface area (Å²) in [6, 6.07) is 5.85. The van der Waals surface area contributed by atoms with E-state index in [0.717, 1.165) is 22.7 Å². The average molecular weight is 373 g/mol. The van der Waals surface area contributed by atoms with Gasteiger partial charge in [0.2, 0.25) is 11.8 Å². The molecule has 1 aromatic carbocycles. The highest BCUT2D eigenvalue weighted by atomic mass is 32.1. The maximum absolute atomic E-state index is 12.2. The highest BCUT2D eigenvalue weighted by Gasteiger charge is 2.29. The van der Waals surface area contributed by atoms with E-state index in [2.05, 4.69) is 27.0 Å². The Bertz CT molecular complexity index is 845. The molecular formula is C19H23N3O3S. The topological polar surface area (TPSA) is 70.7 Å². The third kappa shape index (κ3) is 3.89. The molecule has 1 aromatic heterocycles. The summed E-state index contributed by atoms with van der Waals surface area (Å²) in [5.74, 6) is 0.320. The van der Waals surface area contributed by atoms with Gasteiger partial charge in [0.15, 0.2) is 0 Å². The van der Waals surface area contributed by atoms with Crippen LogP contribution in [0.1, 0.15) is 35.3 Å². The highest BCUT2D eigenvalue weighted by molar-refractivity contribution is 7.10. The second-order valence-electron chi connectivity index (χ2n) is 6.72. The van der Waals surface area contributed by atoms with E-state index in [9.17, 15) is 9.59 Å². The predicted molar refractivity (Wildman–Crippen MR) is 104 cm³/mol. The third-order valence-electron chi connectivity index (χ3n) is 4.24. The fourth-order valence-corrected chi connectivity index (χ4v) is 4.25. The number of carbonyl (C=O) groups excluding carboxylic acids is 2. The minimum Gasteiger partial charge on any atom is -0.494 e. The lowest BCUT2D eigenvalue weighted by Gasteiger charge is -2.26. The van der Waals surface area contributed by atoms with Crippen molar-refractivity contribution in [2.45, 2.75) is 25.8 Å². The fourth-order valence-electron chi connectivity index (χ4n) is 3.23. The molecule has 1 atom stereocenters. The van der Waals surface area contributed by atoms with E-state index in [-0.39, 0.29) is 17.7 Å². The molecule has 0 saturated carbocycles. The van der Waals surface area contributed by atoms with Gasteiger partial charge in [0, 0.05) is 42.4 Å². The van der Waals surface area contributed by atoms with E-state index in [4.69, 9.17) is 4.74 Å². The molecule has 0 radical (unpaired) electrons. The molecule has 0 bridgehead atoms. The number of anilines is 2. The highest BCUT2D eigenvalue weighted by Crippen LogP contribution is 2.43. The van der Waals surface area contributed by atoms with E-state index in [0.29, 0.717) is 17.9 Å². The molecule has 26 heavy (non-hydrogen) atoms. The first-order valence-electron chi connectivity index (χ1n) is 8.38. The Morgan fingerprint density at radius 3 is 2.81 bits per heavy atom. The van der Waals surface area contributed by atoms with Crippen LogP contribution in [0, 0.1) is 0 Å². The second-order valence-corrected chi connectivity index (χ2v) is 7.66. The summed E-state index contributed by atoms with van der Waals surface area (Å²) in [7, 11) is 5.61. The van der Waals surface area contributed by atoms with Crippen molar-refractivity contribution in [3.63, 3.8) is 0 Å². The lowest BCUT2D eigenvalue weighted by Crippen LogP contribution is -2.23. The maximum atomic E-state index is 12.2. The number of benzene rings is 1. The fraction of sp³-hybridized carbons (Fsp3) is 0.368. The number of fused-ring (bicyclic) bond motifs is 1. The number of hydrogen-bond acceptors (Lipinski definition) is 5. The van der Waals surface area contributed by atoms with Gasteiger partial charge in [-0.15, -0.1) is 11.3 Å². The Kier molecular flexibility index (Phi) is 5.29. The maximum Gasteiger partial charge on any atom is 0.225 e. The molecule has 1 unspecified atom stereocenters. The zero-order valence-corrected chi connectivity index (χ0v) is 16.2. The average Bonchev–Trinajstić information content (AvgIpc) is 3.00. The van der Waals surface area contributed by atoms with Crippen molar-refractivity contribution >= 4 is 34.5 Å². The molecule has 138 valence electrons. The van der Waals surface area contributed by atoms with Gasteiger partial charge in [-0.05, 0) is 42.7 Å². The standard InChI is InChI=1S/C19H23N3O3S/c1-11(23)20-16-6-13-14(18-5-12(10-26-18)9-22(2)3)7-19(24)21-15(13)8-17(16)25-4/h5-6,8,10,14H,7,9H2,1-4H3,(H,20,23)(H,21,24). The number of carbonyl (C=O) groups is 2. The number of hydrogen-bond donors (Lipinski definition) is 2. The molecule has 3 rings (SSSR count). The summed E-state index contributed by atoms with van der Waals surface area (Å²) in [6.45, 7) is 2.33. The number of methoxy groups -OCH3 is 1. The Balaban J connectivity index is 2.02. The number of amides is 2. The van der Waals surface area contributed by atoms with Gasteiger partial charge in [-0.25, -0.2) is 0 Å². The van der Waals surface area contributed by atoms with Crippen LogP contribution in [-0.2, 0) is 16.1 Å². The minimum absolute atomic E-state index is 0.0145. The molecule has 0 aliphatic carbocycles. The molecule has 2 N–H and O–H groups in total. The Morgan fingerprint density at radius 1 is 1.38 bits per heavy atom. The lowest BCUT2D eigenvalue weighted by molar-refractivity contribution is -0.116. The van der Waals surface area contributed by atoms with Gasteiger partial charge in [0.05, 0.1) is 12.8 Å². The summed E-state index contributed by atoms with van der Waals surface area (Å²) in [5.41, 5.74) is 3.58. The van der Waals surface area contributed by atoms with Crippen LogP contribution in [0.25, 0.3) is 0 Å². The van der Waals surface area contributed by atoms with Crippen LogP contribution >= 0.6 is 11.3 Å². The van der Waals surface area contributed by atoms with Crippen LogP contribution in [0.15, 0.2) is 23.6 Å². The molecule has 2 heterocycles. The number of nitrogens with zero attached hydrogens (tertiary/aromatic N) is 1. The lowest BCUT2D eigenvalue weighted by atomic mass is 9.88. The minimum atomic E-state index is -0.163. The summed E-state index contributed by atoms with van der Waals surface area (Å²) in [5, 5.41) is 7.87. The van der Waals surface area contributed by atoms with Crippen molar-refractivity contribution < 1.29 is 14.3 Å². The first-order chi connectivity index (χ1) is 12.4. The first-order valence-corrected chi connectivity index (χ1v) is 9.26. The van der Waals surface area contributed by atoms with Crippen molar-refractivity contribution in [2.75, 3.05) is 31.8 Å². The van der Waals surface area contributed by atoms with Crippen LogP contribution < -0.4 is 15.4 Å². The van der Waals surface area contributed by atoms with Gasteiger partial charge in [0.25, 0.3) is 0 Å². The number of rotatable bonds is 5.